The van der Waals surface area contributed by atoms with Crippen LogP contribution in [-0.4, -0.2) is 65.7 Å². The number of nitrogens with one attached hydrogen (secondary N) is 1. The number of aromatic nitrogens is 2. The average molecular weight is 443 g/mol. The number of hydrogen-bond acceptors (Lipinski definition) is 6. The summed E-state index contributed by atoms with van der Waals surface area (Å²) >= 11 is 0. The number of nitrogens with zero attached hydrogens (tertiary/aromatic N) is 4. The van der Waals surface area contributed by atoms with Crippen LogP contribution in [0.4, 0.5) is 14.9 Å². The van der Waals surface area contributed by atoms with E-state index in [0.29, 0.717) is 24.5 Å². The molecule has 2 fully saturated rings. The molecule has 4 rings (SSSR count). The van der Waals surface area contributed by atoms with Gasteiger partial charge in [-0.25, -0.2) is 19.2 Å². The van der Waals surface area contributed by atoms with Crippen molar-refractivity contribution in [2.24, 2.45) is 0 Å². The van der Waals surface area contributed by atoms with Crippen molar-refractivity contribution in [3.8, 4) is 11.8 Å². The van der Waals surface area contributed by atoms with Crippen LogP contribution < -0.4 is 19.7 Å². The Morgan fingerprint density at radius 3 is 2.59 bits per heavy atom. The molecule has 1 aliphatic carbocycles. The molecular weight excluding hydrogens is 417 g/mol. The first-order chi connectivity index (χ1) is 15.5. The predicted molar refractivity (Wildman–Crippen MR) is 114 cm³/mol. The fourth-order valence-corrected chi connectivity index (χ4v) is 4.09. The average Bonchev–Trinajstić information content (AvgIpc) is 3.16. The van der Waals surface area contributed by atoms with E-state index in [2.05, 4.69) is 15.3 Å². The summed E-state index contributed by atoms with van der Waals surface area (Å²) in [5, 5.41) is 3.02. The van der Waals surface area contributed by atoms with Gasteiger partial charge in [0.1, 0.15) is 18.4 Å². The molecule has 0 spiro atoms. The van der Waals surface area contributed by atoms with E-state index in [9.17, 15) is 14.0 Å². The number of ether oxygens (including phenoxy) is 2. The summed E-state index contributed by atoms with van der Waals surface area (Å²) in [5.41, 5.74) is 0.700. The molecule has 0 radical (unpaired) electrons. The highest BCUT2D eigenvalue weighted by molar-refractivity contribution is 5.97. The van der Waals surface area contributed by atoms with Gasteiger partial charge < -0.3 is 19.7 Å². The molecule has 3 amide bonds. The fraction of sp³-hybridized carbons (Fsp3) is 0.455. The van der Waals surface area contributed by atoms with E-state index in [-0.39, 0.29) is 36.6 Å². The van der Waals surface area contributed by atoms with Gasteiger partial charge in [-0.15, -0.1) is 0 Å². The van der Waals surface area contributed by atoms with Crippen molar-refractivity contribution in [1.82, 2.24) is 20.2 Å². The topological polar surface area (TPSA) is 96.9 Å². The summed E-state index contributed by atoms with van der Waals surface area (Å²) in [6, 6.07) is 7.31. The van der Waals surface area contributed by atoms with Gasteiger partial charge in [-0.2, -0.15) is 0 Å². The maximum absolute atomic E-state index is 12.9. The molecule has 0 bridgehead atoms. The zero-order chi connectivity index (χ0) is 22.5. The highest BCUT2D eigenvalue weighted by Crippen LogP contribution is 2.30. The van der Waals surface area contributed by atoms with Gasteiger partial charge in [0.15, 0.2) is 5.82 Å². The second kappa shape index (κ2) is 9.80. The van der Waals surface area contributed by atoms with E-state index in [1.807, 2.05) is 18.2 Å². The molecule has 0 atom stereocenters. The van der Waals surface area contributed by atoms with E-state index >= 15 is 0 Å². The number of carbonyl (C=O) groups is 2. The van der Waals surface area contributed by atoms with Crippen LogP contribution in [0, 0.1) is 5.82 Å². The Bertz CT molecular complexity index is 950. The number of amides is 3. The predicted octanol–water partition coefficient (Wildman–Crippen LogP) is 2.37. The first-order valence-corrected chi connectivity index (χ1v) is 10.7. The molecule has 1 saturated carbocycles. The number of halogens is 1. The Labute approximate surface area is 185 Å². The van der Waals surface area contributed by atoms with E-state index < -0.39 is 5.82 Å². The number of urea groups is 1. The van der Waals surface area contributed by atoms with Gasteiger partial charge in [0.2, 0.25) is 5.91 Å². The largest absolute Gasteiger partial charge is 0.495 e. The van der Waals surface area contributed by atoms with Gasteiger partial charge >= 0.3 is 12.0 Å². The zero-order valence-corrected chi connectivity index (χ0v) is 17.9. The number of hydrogen-bond donors (Lipinski definition) is 1. The van der Waals surface area contributed by atoms with Crippen LogP contribution in [0.15, 0.2) is 36.7 Å². The van der Waals surface area contributed by atoms with Crippen molar-refractivity contribution in [2.75, 3.05) is 31.6 Å². The summed E-state index contributed by atoms with van der Waals surface area (Å²) in [4.78, 5) is 36.2. The number of anilines is 1. The molecule has 2 aromatic rings. The van der Waals surface area contributed by atoms with Gasteiger partial charge in [-0.1, -0.05) is 12.1 Å². The van der Waals surface area contributed by atoms with Gasteiger partial charge in [0, 0.05) is 19.1 Å². The van der Waals surface area contributed by atoms with Crippen LogP contribution in [0.3, 0.4) is 0 Å². The lowest BCUT2D eigenvalue weighted by atomic mass is 9.93. The summed E-state index contributed by atoms with van der Waals surface area (Å²) < 4.78 is 23.9. The van der Waals surface area contributed by atoms with Crippen molar-refractivity contribution >= 4 is 17.6 Å². The lowest BCUT2D eigenvalue weighted by molar-refractivity contribution is -0.122. The Kier molecular flexibility index (Phi) is 6.67. The summed E-state index contributed by atoms with van der Waals surface area (Å²) in [5.74, 6) is -0.0603. The van der Waals surface area contributed by atoms with Crippen molar-refractivity contribution < 1.29 is 23.5 Å². The second-order valence-electron chi connectivity index (χ2n) is 7.87. The molecule has 0 unspecified atom stereocenters. The first-order valence-electron chi connectivity index (χ1n) is 10.7. The normalized spacial score (nSPS) is 20.9. The molecule has 170 valence electrons. The Hall–Kier alpha value is -3.43. The maximum Gasteiger partial charge on any atom is 0.325 e. The molecule has 2 aliphatic rings. The fourth-order valence-electron chi connectivity index (χ4n) is 4.09. The zero-order valence-electron chi connectivity index (χ0n) is 17.9. The molecule has 32 heavy (non-hydrogen) atoms. The van der Waals surface area contributed by atoms with Crippen molar-refractivity contribution in [3.05, 3.63) is 42.5 Å². The van der Waals surface area contributed by atoms with E-state index in [1.165, 1.54) is 0 Å². The summed E-state index contributed by atoms with van der Waals surface area (Å²) in [6.45, 7) is 0.993. The van der Waals surface area contributed by atoms with Crippen LogP contribution in [0.25, 0.3) is 0 Å². The Morgan fingerprint density at radius 1 is 1.16 bits per heavy atom. The highest BCUT2D eigenvalue weighted by atomic mass is 19.1. The van der Waals surface area contributed by atoms with Gasteiger partial charge in [0.25, 0.3) is 0 Å². The van der Waals surface area contributed by atoms with Gasteiger partial charge in [-0.05, 0) is 37.8 Å². The molecule has 1 aromatic heterocycles. The molecule has 1 aliphatic heterocycles. The number of para-hydroxylation sites is 2. The van der Waals surface area contributed by atoms with Crippen molar-refractivity contribution in [2.45, 2.75) is 37.8 Å². The van der Waals surface area contributed by atoms with Crippen LogP contribution in [-0.2, 0) is 4.79 Å². The first kappa shape index (κ1) is 21.8. The standard InChI is InChI=1S/C22H26FN5O4/c1-31-19-5-3-2-4-18(19)28-11-10-27(22(28)30)14-20(29)26-16-6-8-17(9-7-16)32-21-24-12-15(23)13-25-21/h2-5,12-13,16-17H,6-11,14H2,1H3,(H,26,29). The van der Waals surface area contributed by atoms with Gasteiger partial charge in [0.05, 0.1) is 25.2 Å². The Balaban J connectivity index is 1.23. The Morgan fingerprint density at radius 2 is 1.88 bits per heavy atom. The number of carbonyl (C=O) groups excluding carboxylic acids is 2. The van der Waals surface area contributed by atoms with Crippen LogP contribution in [0.2, 0.25) is 0 Å². The van der Waals surface area contributed by atoms with Crippen molar-refractivity contribution in [3.63, 3.8) is 0 Å². The van der Waals surface area contributed by atoms with Crippen LogP contribution in [0.1, 0.15) is 25.7 Å². The monoisotopic (exact) mass is 443 g/mol. The summed E-state index contributed by atoms with van der Waals surface area (Å²) in [7, 11) is 1.57. The van der Waals surface area contributed by atoms with Crippen molar-refractivity contribution in [1.29, 1.82) is 0 Å². The second-order valence-corrected chi connectivity index (χ2v) is 7.87. The summed E-state index contributed by atoms with van der Waals surface area (Å²) in [6.07, 6.45) is 5.04. The molecule has 1 aromatic carbocycles. The minimum Gasteiger partial charge on any atom is -0.495 e. The number of methoxy groups -OCH3 is 1. The quantitative estimate of drug-likeness (QED) is 0.706. The molecular formula is C22H26FN5O4. The third kappa shape index (κ3) is 5.06. The highest BCUT2D eigenvalue weighted by Gasteiger charge is 2.33. The molecule has 10 heteroatoms. The SMILES string of the molecule is COc1ccccc1N1CCN(CC(=O)NC2CCC(Oc3ncc(F)cn3)CC2)C1=O. The lowest BCUT2D eigenvalue weighted by Gasteiger charge is -2.29. The number of benzene rings is 1. The molecule has 2 heterocycles. The smallest absolute Gasteiger partial charge is 0.325 e. The van der Waals surface area contributed by atoms with Crippen LogP contribution in [0.5, 0.6) is 11.8 Å². The number of rotatable bonds is 7. The van der Waals surface area contributed by atoms with Crippen LogP contribution >= 0.6 is 0 Å². The third-order valence-corrected chi connectivity index (χ3v) is 5.71. The van der Waals surface area contributed by atoms with E-state index in [4.69, 9.17) is 9.47 Å². The molecule has 9 nitrogen and oxygen atoms in total. The molecule has 1 saturated heterocycles. The van der Waals surface area contributed by atoms with E-state index in [0.717, 1.165) is 38.1 Å². The minimum atomic E-state index is -0.508. The minimum absolute atomic E-state index is 0.0182. The third-order valence-electron chi connectivity index (χ3n) is 5.71. The maximum atomic E-state index is 12.9. The van der Waals surface area contributed by atoms with E-state index in [1.54, 1.807) is 23.0 Å². The lowest BCUT2D eigenvalue weighted by Crippen LogP contribution is -2.45. The van der Waals surface area contributed by atoms with Gasteiger partial charge in [-0.3, -0.25) is 9.69 Å². The molecule has 1 N–H and O–H groups in total.